The van der Waals surface area contributed by atoms with Crippen molar-refractivity contribution in [2.24, 2.45) is 11.8 Å². The van der Waals surface area contributed by atoms with Crippen LogP contribution in [0.25, 0.3) is 0 Å². The maximum absolute atomic E-state index is 6.20. The monoisotopic (exact) mass is 251 g/mol. The summed E-state index contributed by atoms with van der Waals surface area (Å²) in [5.74, 6) is 1.72. The molecule has 0 aromatic heterocycles. The van der Waals surface area contributed by atoms with Crippen LogP contribution in [0.2, 0.25) is 5.02 Å². The molecule has 3 atom stereocenters. The van der Waals surface area contributed by atoms with Crippen LogP contribution in [0.4, 0.5) is 0 Å². The molecule has 1 saturated carbocycles. The van der Waals surface area contributed by atoms with Gasteiger partial charge in [-0.25, -0.2) is 0 Å². The van der Waals surface area contributed by atoms with E-state index < -0.39 is 0 Å². The van der Waals surface area contributed by atoms with Crippen molar-refractivity contribution in [2.75, 3.05) is 6.54 Å². The van der Waals surface area contributed by atoms with Gasteiger partial charge in [0.1, 0.15) is 0 Å². The number of hydrogen-bond acceptors (Lipinski definition) is 1. The topological polar surface area (TPSA) is 12.0 Å². The Labute approximate surface area is 110 Å². The lowest BCUT2D eigenvalue weighted by Crippen LogP contribution is -2.27. The molecule has 1 aliphatic rings. The van der Waals surface area contributed by atoms with Crippen LogP contribution in [0.15, 0.2) is 24.3 Å². The first kappa shape index (κ1) is 12.9. The third kappa shape index (κ3) is 3.23. The second-order valence-electron chi connectivity index (χ2n) is 5.32. The van der Waals surface area contributed by atoms with Gasteiger partial charge in [0.2, 0.25) is 0 Å². The maximum atomic E-state index is 6.20. The standard InChI is InChI=1S/C15H22ClN/c1-11-6-5-7-13(11)10-17-12(2)14-8-3-4-9-15(14)16/h3-4,8-9,11-13,17H,5-7,10H2,1-2H3. The highest BCUT2D eigenvalue weighted by Crippen LogP contribution is 2.31. The summed E-state index contributed by atoms with van der Waals surface area (Å²) < 4.78 is 0. The Morgan fingerprint density at radius 3 is 2.76 bits per heavy atom. The van der Waals surface area contributed by atoms with E-state index in [0.29, 0.717) is 6.04 Å². The van der Waals surface area contributed by atoms with Crippen molar-refractivity contribution < 1.29 is 0 Å². The van der Waals surface area contributed by atoms with Gasteiger partial charge in [0.25, 0.3) is 0 Å². The largest absolute Gasteiger partial charge is 0.310 e. The molecule has 0 heterocycles. The molecule has 17 heavy (non-hydrogen) atoms. The molecule has 0 spiro atoms. The molecule has 1 nitrogen and oxygen atoms in total. The molecule has 0 bridgehead atoms. The van der Waals surface area contributed by atoms with Crippen LogP contribution in [0.1, 0.15) is 44.7 Å². The van der Waals surface area contributed by atoms with Crippen LogP contribution in [-0.2, 0) is 0 Å². The summed E-state index contributed by atoms with van der Waals surface area (Å²) in [5, 5.41) is 4.50. The highest BCUT2D eigenvalue weighted by Gasteiger charge is 2.23. The minimum atomic E-state index is 0.344. The SMILES string of the molecule is CC(NCC1CCCC1C)c1ccccc1Cl. The van der Waals surface area contributed by atoms with E-state index in [1.54, 1.807) is 0 Å². The van der Waals surface area contributed by atoms with Gasteiger partial charge in [-0.15, -0.1) is 0 Å². The second kappa shape index (κ2) is 5.88. The Kier molecular flexibility index (Phi) is 4.47. The Morgan fingerprint density at radius 2 is 2.12 bits per heavy atom. The van der Waals surface area contributed by atoms with Crippen molar-refractivity contribution in [3.63, 3.8) is 0 Å². The first-order valence-corrected chi connectivity index (χ1v) is 7.04. The molecule has 1 fully saturated rings. The molecule has 3 unspecified atom stereocenters. The first-order valence-electron chi connectivity index (χ1n) is 6.66. The Bertz CT molecular complexity index is 364. The molecule has 2 rings (SSSR count). The molecule has 0 aliphatic heterocycles. The fraction of sp³-hybridized carbons (Fsp3) is 0.600. The van der Waals surface area contributed by atoms with E-state index in [-0.39, 0.29) is 0 Å². The van der Waals surface area contributed by atoms with Crippen LogP contribution < -0.4 is 5.32 Å². The lowest BCUT2D eigenvalue weighted by atomic mass is 9.97. The zero-order chi connectivity index (χ0) is 12.3. The van der Waals surface area contributed by atoms with Gasteiger partial charge in [-0.3, -0.25) is 0 Å². The molecular formula is C15H22ClN. The Hall–Kier alpha value is -0.530. The lowest BCUT2D eigenvalue weighted by molar-refractivity contribution is 0.375. The molecule has 1 aromatic carbocycles. The number of hydrogen-bond donors (Lipinski definition) is 1. The van der Waals surface area contributed by atoms with E-state index in [0.717, 1.165) is 23.4 Å². The maximum Gasteiger partial charge on any atom is 0.0453 e. The fourth-order valence-corrected chi connectivity index (χ4v) is 3.09. The molecule has 0 amide bonds. The second-order valence-corrected chi connectivity index (χ2v) is 5.73. The van der Waals surface area contributed by atoms with E-state index >= 15 is 0 Å². The number of halogens is 1. The van der Waals surface area contributed by atoms with E-state index in [1.165, 1.54) is 24.8 Å². The molecule has 1 N–H and O–H groups in total. The summed E-state index contributed by atoms with van der Waals surface area (Å²) in [5.41, 5.74) is 1.21. The van der Waals surface area contributed by atoms with E-state index in [1.807, 2.05) is 12.1 Å². The summed E-state index contributed by atoms with van der Waals surface area (Å²) in [6.07, 6.45) is 4.17. The van der Waals surface area contributed by atoms with Gasteiger partial charge in [-0.05, 0) is 43.4 Å². The summed E-state index contributed by atoms with van der Waals surface area (Å²) in [6, 6.07) is 8.46. The van der Waals surface area contributed by atoms with Crippen molar-refractivity contribution in [3.8, 4) is 0 Å². The van der Waals surface area contributed by atoms with Crippen molar-refractivity contribution in [2.45, 2.75) is 39.2 Å². The number of nitrogens with one attached hydrogen (secondary N) is 1. The minimum absolute atomic E-state index is 0.344. The van der Waals surface area contributed by atoms with Gasteiger partial charge in [0.15, 0.2) is 0 Å². The molecule has 0 saturated heterocycles. The highest BCUT2D eigenvalue weighted by atomic mass is 35.5. The molecule has 2 heteroatoms. The molecule has 0 radical (unpaired) electrons. The predicted molar refractivity (Wildman–Crippen MR) is 74.4 cm³/mol. The van der Waals surface area contributed by atoms with Crippen molar-refractivity contribution in [1.82, 2.24) is 5.32 Å². The Morgan fingerprint density at radius 1 is 1.35 bits per heavy atom. The number of rotatable bonds is 4. The van der Waals surface area contributed by atoms with Crippen molar-refractivity contribution >= 4 is 11.6 Å². The summed E-state index contributed by atoms with van der Waals surface area (Å²) in [7, 11) is 0. The van der Waals surface area contributed by atoms with E-state index in [4.69, 9.17) is 11.6 Å². The first-order chi connectivity index (χ1) is 8.18. The van der Waals surface area contributed by atoms with Gasteiger partial charge < -0.3 is 5.32 Å². The third-order valence-corrected chi connectivity index (χ3v) is 4.44. The fourth-order valence-electron chi connectivity index (χ4n) is 2.79. The van der Waals surface area contributed by atoms with Gasteiger partial charge in [-0.2, -0.15) is 0 Å². The van der Waals surface area contributed by atoms with E-state index in [9.17, 15) is 0 Å². The zero-order valence-electron chi connectivity index (χ0n) is 10.7. The van der Waals surface area contributed by atoms with Crippen LogP contribution in [-0.4, -0.2) is 6.54 Å². The quantitative estimate of drug-likeness (QED) is 0.835. The normalized spacial score (nSPS) is 26.1. The van der Waals surface area contributed by atoms with Crippen LogP contribution in [0, 0.1) is 11.8 Å². The van der Waals surface area contributed by atoms with Gasteiger partial charge in [-0.1, -0.05) is 49.6 Å². The average Bonchev–Trinajstić information content (AvgIpc) is 2.72. The zero-order valence-corrected chi connectivity index (χ0v) is 11.5. The van der Waals surface area contributed by atoms with Crippen LogP contribution >= 0.6 is 11.6 Å². The van der Waals surface area contributed by atoms with Crippen molar-refractivity contribution in [3.05, 3.63) is 34.9 Å². The average molecular weight is 252 g/mol. The lowest BCUT2D eigenvalue weighted by Gasteiger charge is -2.21. The number of benzene rings is 1. The summed E-state index contributed by atoms with van der Waals surface area (Å²) >= 11 is 6.20. The van der Waals surface area contributed by atoms with Gasteiger partial charge in [0.05, 0.1) is 0 Å². The predicted octanol–water partition coefficient (Wildman–Crippen LogP) is 4.43. The van der Waals surface area contributed by atoms with Crippen LogP contribution in [0.5, 0.6) is 0 Å². The van der Waals surface area contributed by atoms with Crippen molar-refractivity contribution in [1.29, 1.82) is 0 Å². The molecular weight excluding hydrogens is 230 g/mol. The molecule has 1 aromatic rings. The smallest absolute Gasteiger partial charge is 0.0453 e. The van der Waals surface area contributed by atoms with Gasteiger partial charge in [0, 0.05) is 11.1 Å². The van der Waals surface area contributed by atoms with Crippen LogP contribution in [0.3, 0.4) is 0 Å². The van der Waals surface area contributed by atoms with E-state index in [2.05, 4.69) is 31.3 Å². The molecule has 1 aliphatic carbocycles. The summed E-state index contributed by atoms with van der Waals surface area (Å²) in [6.45, 7) is 5.69. The highest BCUT2D eigenvalue weighted by molar-refractivity contribution is 6.31. The third-order valence-electron chi connectivity index (χ3n) is 4.10. The minimum Gasteiger partial charge on any atom is -0.310 e. The Balaban J connectivity index is 1.89. The van der Waals surface area contributed by atoms with Gasteiger partial charge >= 0.3 is 0 Å². The summed E-state index contributed by atoms with van der Waals surface area (Å²) in [4.78, 5) is 0. The molecule has 94 valence electrons.